The van der Waals surface area contributed by atoms with E-state index in [9.17, 15) is 9.18 Å². The predicted octanol–water partition coefficient (Wildman–Crippen LogP) is 4.12. The number of carbonyl (C=O) groups is 1. The first-order valence-corrected chi connectivity index (χ1v) is 11.0. The molecule has 3 aromatic heterocycles. The summed E-state index contributed by atoms with van der Waals surface area (Å²) in [5.41, 5.74) is 2.01. The van der Waals surface area contributed by atoms with Crippen LogP contribution in [-0.2, 0) is 0 Å². The van der Waals surface area contributed by atoms with Crippen LogP contribution in [0.25, 0.3) is 22.1 Å². The molecule has 0 spiro atoms. The average Bonchev–Trinajstić information content (AvgIpc) is 3.47. The van der Waals surface area contributed by atoms with E-state index in [0.717, 1.165) is 12.8 Å². The Kier molecular flexibility index (Phi) is 5.44. The molecular formula is C22H19FN6O2S. The molecule has 1 fully saturated rings. The number of piperidine rings is 1. The third kappa shape index (κ3) is 4.01. The maximum Gasteiger partial charge on any atom is 0.265 e. The van der Waals surface area contributed by atoms with Gasteiger partial charge in [-0.2, -0.15) is 4.98 Å². The number of aromatic nitrogens is 5. The van der Waals surface area contributed by atoms with Crippen molar-refractivity contribution in [2.75, 3.05) is 13.1 Å². The van der Waals surface area contributed by atoms with Crippen molar-refractivity contribution in [3.05, 3.63) is 65.1 Å². The molecule has 1 amide bonds. The Morgan fingerprint density at radius 1 is 1.22 bits per heavy atom. The second kappa shape index (κ2) is 8.54. The second-order valence-electron chi connectivity index (χ2n) is 7.58. The molecule has 0 saturated carbocycles. The molecule has 0 aliphatic carbocycles. The van der Waals surface area contributed by atoms with E-state index < -0.39 is 0 Å². The number of carbonyl (C=O) groups excluding carboxylic acids is 1. The van der Waals surface area contributed by atoms with E-state index in [0.29, 0.717) is 51.6 Å². The van der Waals surface area contributed by atoms with E-state index in [4.69, 9.17) is 4.52 Å². The minimum Gasteiger partial charge on any atom is -0.339 e. The summed E-state index contributed by atoms with van der Waals surface area (Å²) in [7, 11) is 0. The number of likely N-dealkylation sites (tertiary alicyclic amines) is 1. The summed E-state index contributed by atoms with van der Waals surface area (Å²) in [6, 6.07) is 5.95. The van der Waals surface area contributed by atoms with Crippen molar-refractivity contribution in [1.82, 2.24) is 30.0 Å². The van der Waals surface area contributed by atoms with Crippen LogP contribution in [0.5, 0.6) is 0 Å². The second-order valence-corrected chi connectivity index (χ2v) is 8.58. The van der Waals surface area contributed by atoms with E-state index in [-0.39, 0.29) is 17.6 Å². The average molecular weight is 450 g/mol. The molecule has 0 radical (unpaired) electrons. The summed E-state index contributed by atoms with van der Waals surface area (Å²) in [5.74, 6) is 0.471. The zero-order valence-electron chi connectivity index (χ0n) is 17.2. The molecule has 32 heavy (non-hydrogen) atoms. The highest BCUT2D eigenvalue weighted by Crippen LogP contribution is 2.31. The molecule has 1 unspecified atom stereocenters. The molecule has 1 aromatic carbocycles. The number of hydrogen-bond acceptors (Lipinski definition) is 8. The topological polar surface area (TPSA) is 97.9 Å². The van der Waals surface area contributed by atoms with Gasteiger partial charge in [-0.1, -0.05) is 5.16 Å². The minimum absolute atomic E-state index is 0.0536. The molecule has 4 aromatic rings. The van der Waals surface area contributed by atoms with Gasteiger partial charge in [-0.05, 0) is 44.0 Å². The van der Waals surface area contributed by atoms with E-state index in [1.54, 1.807) is 30.7 Å². The van der Waals surface area contributed by atoms with Crippen molar-refractivity contribution in [2.24, 2.45) is 0 Å². The van der Waals surface area contributed by atoms with Crippen molar-refractivity contribution in [3.8, 4) is 22.1 Å². The monoisotopic (exact) mass is 450 g/mol. The summed E-state index contributed by atoms with van der Waals surface area (Å²) in [5, 5.41) is 4.71. The van der Waals surface area contributed by atoms with Gasteiger partial charge in [0.25, 0.3) is 5.91 Å². The van der Waals surface area contributed by atoms with Gasteiger partial charge in [-0.25, -0.2) is 9.37 Å². The first-order valence-electron chi connectivity index (χ1n) is 10.2. The molecule has 1 aliphatic heterocycles. The fourth-order valence-corrected chi connectivity index (χ4v) is 4.73. The third-order valence-corrected chi connectivity index (χ3v) is 6.54. The van der Waals surface area contributed by atoms with Crippen LogP contribution in [-0.4, -0.2) is 49.0 Å². The Labute approximate surface area is 187 Å². The highest BCUT2D eigenvalue weighted by atomic mass is 32.1. The van der Waals surface area contributed by atoms with Gasteiger partial charge in [0, 0.05) is 31.0 Å². The lowest BCUT2D eigenvalue weighted by molar-refractivity contribution is 0.0699. The minimum atomic E-state index is -0.320. The van der Waals surface area contributed by atoms with Crippen LogP contribution < -0.4 is 0 Å². The maximum atomic E-state index is 13.3. The number of thiazole rings is 1. The van der Waals surface area contributed by atoms with Gasteiger partial charge in [0.1, 0.15) is 21.4 Å². The van der Waals surface area contributed by atoms with Crippen LogP contribution in [0, 0.1) is 12.7 Å². The Morgan fingerprint density at radius 2 is 2.06 bits per heavy atom. The SMILES string of the molecule is Cc1nc(-c2cnccn2)sc1C(=O)N1CCCC(c2nc(-c3ccc(F)cc3)no2)C1. The van der Waals surface area contributed by atoms with Crippen LogP contribution in [0.1, 0.15) is 40.0 Å². The van der Waals surface area contributed by atoms with Gasteiger partial charge >= 0.3 is 0 Å². The smallest absolute Gasteiger partial charge is 0.265 e. The van der Waals surface area contributed by atoms with Gasteiger partial charge in [0.15, 0.2) is 0 Å². The number of nitrogens with zero attached hydrogens (tertiary/aromatic N) is 6. The Hall–Kier alpha value is -3.53. The van der Waals surface area contributed by atoms with E-state index in [1.165, 1.54) is 23.5 Å². The molecule has 8 nitrogen and oxygen atoms in total. The van der Waals surface area contributed by atoms with Crippen molar-refractivity contribution >= 4 is 17.2 Å². The van der Waals surface area contributed by atoms with Crippen LogP contribution in [0.4, 0.5) is 4.39 Å². The highest BCUT2D eigenvalue weighted by molar-refractivity contribution is 7.17. The van der Waals surface area contributed by atoms with Crippen LogP contribution in [0.2, 0.25) is 0 Å². The summed E-state index contributed by atoms with van der Waals surface area (Å²) >= 11 is 1.33. The molecule has 5 rings (SSSR count). The fraction of sp³-hybridized carbons (Fsp3) is 0.273. The Balaban J connectivity index is 1.33. The van der Waals surface area contributed by atoms with Crippen molar-refractivity contribution in [3.63, 3.8) is 0 Å². The maximum absolute atomic E-state index is 13.3. The van der Waals surface area contributed by atoms with Gasteiger partial charge in [0.2, 0.25) is 11.7 Å². The molecule has 10 heteroatoms. The molecule has 1 atom stereocenters. The van der Waals surface area contributed by atoms with Crippen LogP contribution in [0.15, 0.2) is 47.4 Å². The zero-order valence-corrected chi connectivity index (χ0v) is 18.0. The molecular weight excluding hydrogens is 431 g/mol. The van der Waals surface area contributed by atoms with Gasteiger partial charge in [-0.15, -0.1) is 11.3 Å². The van der Waals surface area contributed by atoms with E-state index in [1.807, 2.05) is 11.8 Å². The summed E-state index contributed by atoms with van der Waals surface area (Å²) in [6.45, 7) is 2.98. The lowest BCUT2D eigenvalue weighted by Gasteiger charge is -2.30. The number of rotatable bonds is 4. The molecule has 1 aliphatic rings. The first kappa shape index (κ1) is 20.4. The lowest BCUT2D eigenvalue weighted by Crippen LogP contribution is -2.39. The lowest BCUT2D eigenvalue weighted by atomic mass is 9.97. The highest BCUT2D eigenvalue weighted by Gasteiger charge is 2.31. The molecule has 4 heterocycles. The third-order valence-electron chi connectivity index (χ3n) is 5.38. The van der Waals surface area contributed by atoms with Crippen molar-refractivity contribution < 1.29 is 13.7 Å². The number of hydrogen-bond donors (Lipinski definition) is 0. The molecule has 1 saturated heterocycles. The zero-order chi connectivity index (χ0) is 22.1. The quantitative estimate of drug-likeness (QED) is 0.461. The van der Waals surface area contributed by atoms with Gasteiger partial charge in [0.05, 0.1) is 17.8 Å². The van der Waals surface area contributed by atoms with Crippen LogP contribution in [0.3, 0.4) is 0 Å². The Bertz CT molecular complexity index is 1240. The number of aryl methyl sites for hydroxylation is 1. The molecule has 0 bridgehead atoms. The molecule has 0 N–H and O–H groups in total. The Morgan fingerprint density at radius 3 is 2.84 bits per heavy atom. The van der Waals surface area contributed by atoms with E-state index >= 15 is 0 Å². The standard InChI is InChI=1S/C22H19FN6O2S/c1-13-18(32-21(26-13)17-11-24-8-9-25-17)22(30)29-10-2-3-15(12-29)20-27-19(28-31-20)14-4-6-16(23)7-5-14/h4-9,11,15H,2-3,10,12H2,1H3. The first-order chi connectivity index (χ1) is 15.6. The number of amides is 1. The summed E-state index contributed by atoms with van der Waals surface area (Å²) in [4.78, 5) is 33.0. The van der Waals surface area contributed by atoms with Crippen LogP contribution >= 0.6 is 11.3 Å². The van der Waals surface area contributed by atoms with Crippen molar-refractivity contribution in [1.29, 1.82) is 0 Å². The fourth-order valence-electron chi connectivity index (χ4n) is 3.74. The van der Waals surface area contributed by atoms with Gasteiger partial charge < -0.3 is 9.42 Å². The summed E-state index contributed by atoms with van der Waals surface area (Å²) in [6.07, 6.45) is 6.52. The predicted molar refractivity (Wildman–Crippen MR) is 115 cm³/mol. The summed E-state index contributed by atoms with van der Waals surface area (Å²) < 4.78 is 18.7. The number of benzene rings is 1. The van der Waals surface area contributed by atoms with Crippen molar-refractivity contribution in [2.45, 2.75) is 25.7 Å². The number of halogens is 1. The largest absolute Gasteiger partial charge is 0.339 e. The normalized spacial score (nSPS) is 16.3. The van der Waals surface area contributed by atoms with E-state index in [2.05, 4.69) is 25.1 Å². The van der Waals surface area contributed by atoms with Gasteiger partial charge in [-0.3, -0.25) is 14.8 Å². The molecule has 162 valence electrons.